The number of nitrogens with zero attached hydrogens (tertiary/aromatic N) is 5. The van der Waals surface area contributed by atoms with Gasteiger partial charge in [-0.05, 0) is 12.1 Å². The standard InChI is InChI=1S/C19H16ClN7/c20-14-3-1-13(2-4-14)17-16(18-23-9-10-24-18)12-26-19(27-17)25-6-5-15-11-21-7-8-22-15/h1-4,7-12H,5-6H2,(H,23,24)(H,25,26,27). The van der Waals surface area contributed by atoms with Crippen molar-refractivity contribution in [3.05, 3.63) is 72.2 Å². The lowest BCUT2D eigenvalue weighted by molar-refractivity contribution is 0.925. The molecule has 0 saturated heterocycles. The Labute approximate surface area is 160 Å². The van der Waals surface area contributed by atoms with Gasteiger partial charge in [-0.1, -0.05) is 23.7 Å². The van der Waals surface area contributed by atoms with Crippen molar-refractivity contribution >= 4 is 17.5 Å². The van der Waals surface area contributed by atoms with Crippen molar-refractivity contribution in [3.8, 4) is 22.6 Å². The van der Waals surface area contributed by atoms with Crippen LogP contribution in [0.4, 0.5) is 5.95 Å². The number of halogens is 1. The number of aromatic nitrogens is 6. The molecular weight excluding hydrogens is 362 g/mol. The van der Waals surface area contributed by atoms with Crippen LogP contribution in [0.1, 0.15) is 5.69 Å². The topological polar surface area (TPSA) is 92.3 Å². The predicted octanol–water partition coefficient (Wildman–Crippen LogP) is 3.63. The number of hydrogen-bond donors (Lipinski definition) is 2. The molecule has 0 spiro atoms. The van der Waals surface area contributed by atoms with Gasteiger partial charge in [-0.3, -0.25) is 9.97 Å². The van der Waals surface area contributed by atoms with Crippen LogP contribution in [0.15, 0.2) is 61.4 Å². The molecule has 27 heavy (non-hydrogen) atoms. The summed E-state index contributed by atoms with van der Waals surface area (Å²) < 4.78 is 0. The summed E-state index contributed by atoms with van der Waals surface area (Å²) in [5.74, 6) is 1.25. The van der Waals surface area contributed by atoms with Crippen LogP contribution in [0.3, 0.4) is 0 Å². The molecule has 134 valence electrons. The number of imidazole rings is 1. The number of hydrogen-bond acceptors (Lipinski definition) is 6. The Morgan fingerprint density at radius 2 is 1.85 bits per heavy atom. The molecule has 3 aromatic heterocycles. The molecular formula is C19H16ClN7. The van der Waals surface area contributed by atoms with Crippen LogP contribution >= 0.6 is 11.6 Å². The molecule has 0 radical (unpaired) electrons. The van der Waals surface area contributed by atoms with Crippen molar-refractivity contribution in [2.45, 2.75) is 6.42 Å². The number of anilines is 1. The van der Waals surface area contributed by atoms with Gasteiger partial charge in [-0.25, -0.2) is 15.0 Å². The van der Waals surface area contributed by atoms with Gasteiger partial charge in [0, 0.05) is 60.7 Å². The molecule has 0 unspecified atom stereocenters. The van der Waals surface area contributed by atoms with E-state index < -0.39 is 0 Å². The first-order chi connectivity index (χ1) is 13.3. The molecule has 4 rings (SSSR count). The van der Waals surface area contributed by atoms with Gasteiger partial charge in [-0.2, -0.15) is 0 Å². The second-order valence-electron chi connectivity index (χ2n) is 5.77. The molecule has 4 aromatic rings. The van der Waals surface area contributed by atoms with E-state index >= 15 is 0 Å². The first kappa shape index (κ1) is 17.1. The molecule has 0 bridgehead atoms. The van der Waals surface area contributed by atoms with Crippen LogP contribution < -0.4 is 5.32 Å². The van der Waals surface area contributed by atoms with Crippen molar-refractivity contribution in [2.24, 2.45) is 0 Å². The molecule has 0 fully saturated rings. The van der Waals surface area contributed by atoms with Crippen LogP contribution in [-0.2, 0) is 6.42 Å². The third-order valence-electron chi connectivity index (χ3n) is 3.94. The molecule has 8 heteroatoms. The Kier molecular flexibility index (Phi) is 5.02. The number of H-pyrrole nitrogens is 1. The van der Waals surface area contributed by atoms with E-state index in [2.05, 4.69) is 30.2 Å². The van der Waals surface area contributed by atoms with Crippen molar-refractivity contribution < 1.29 is 0 Å². The molecule has 0 saturated carbocycles. The summed E-state index contributed by atoms with van der Waals surface area (Å²) in [5, 5.41) is 3.92. The van der Waals surface area contributed by atoms with E-state index in [0.717, 1.165) is 28.9 Å². The zero-order valence-corrected chi connectivity index (χ0v) is 15.1. The summed E-state index contributed by atoms with van der Waals surface area (Å²) in [7, 11) is 0. The first-order valence-electron chi connectivity index (χ1n) is 8.41. The minimum absolute atomic E-state index is 0.541. The number of nitrogens with one attached hydrogen (secondary N) is 2. The Morgan fingerprint density at radius 3 is 2.59 bits per heavy atom. The van der Waals surface area contributed by atoms with Gasteiger partial charge in [0.25, 0.3) is 0 Å². The Morgan fingerprint density at radius 1 is 0.963 bits per heavy atom. The summed E-state index contributed by atoms with van der Waals surface area (Å²) in [5.41, 5.74) is 3.45. The van der Waals surface area contributed by atoms with Gasteiger partial charge in [0.2, 0.25) is 5.95 Å². The largest absolute Gasteiger partial charge is 0.354 e. The van der Waals surface area contributed by atoms with E-state index in [1.807, 2.05) is 24.3 Å². The number of benzene rings is 1. The van der Waals surface area contributed by atoms with Crippen molar-refractivity contribution in [1.29, 1.82) is 0 Å². The highest BCUT2D eigenvalue weighted by atomic mass is 35.5. The fraction of sp³-hybridized carbons (Fsp3) is 0.105. The maximum atomic E-state index is 6.02. The third kappa shape index (κ3) is 4.09. The third-order valence-corrected chi connectivity index (χ3v) is 4.19. The average Bonchev–Trinajstić information content (AvgIpc) is 3.24. The van der Waals surface area contributed by atoms with Gasteiger partial charge in [-0.15, -0.1) is 0 Å². The maximum absolute atomic E-state index is 6.02. The van der Waals surface area contributed by atoms with E-state index in [4.69, 9.17) is 16.6 Å². The van der Waals surface area contributed by atoms with Crippen molar-refractivity contribution in [3.63, 3.8) is 0 Å². The highest BCUT2D eigenvalue weighted by molar-refractivity contribution is 6.30. The smallest absolute Gasteiger partial charge is 0.223 e. The SMILES string of the molecule is Clc1ccc(-c2nc(NCCc3cnccn3)ncc2-c2ncc[nH]2)cc1. The number of aromatic amines is 1. The summed E-state index contributed by atoms with van der Waals surface area (Å²) in [6.45, 7) is 0.652. The molecule has 0 aliphatic rings. The zero-order chi connectivity index (χ0) is 18.5. The number of rotatable bonds is 6. The molecule has 1 aromatic carbocycles. The molecule has 0 aliphatic heterocycles. The van der Waals surface area contributed by atoms with Crippen LogP contribution in [0.25, 0.3) is 22.6 Å². The fourth-order valence-corrected chi connectivity index (χ4v) is 2.77. The average molecular weight is 378 g/mol. The first-order valence-corrected chi connectivity index (χ1v) is 8.79. The lowest BCUT2D eigenvalue weighted by atomic mass is 10.1. The van der Waals surface area contributed by atoms with E-state index in [1.54, 1.807) is 37.2 Å². The van der Waals surface area contributed by atoms with Gasteiger partial charge in [0.05, 0.1) is 17.0 Å². The lowest BCUT2D eigenvalue weighted by Gasteiger charge is -2.10. The zero-order valence-electron chi connectivity index (χ0n) is 14.3. The monoisotopic (exact) mass is 377 g/mol. The molecule has 7 nitrogen and oxygen atoms in total. The van der Waals surface area contributed by atoms with E-state index in [0.29, 0.717) is 23.3 Å². The van der Waals surface area contributed by atoms with Gasteiger partial charge in [0.1, 0.15) is 5.82 Å². The normalized spacial score (nSPS) is 10.7. The molecule has 3 heterocycles. The minimum atomic E-state index is 0.541. The summed E-state index contributed by atoms with van der Waals surface area (Å²) in [4.78, 5) is 24.9. The van der Waals surface area contributed by atoms with Gasteiger partial charge in [0.15, 0.2) is 0 Å². The van der Waals surface area contributed by atoms with Crippen LogP contribution in [0, 0.1) is 0 Å². The summed E-state index contributed by atoms with van der Waals surface area (Å²) >= 11 is 6.02. The molecule has 0 atom stereocenters. The van der Waals surface area contributed by atoms with E-state index in [-0.39, 0.29) is 0 Å². The summed E-state index contributed by atoms with van der Waals surface area (Å²) in [6.07, 6.45) is 11.1. The lowest BCUT2D eigenvalue weighted by Crippen LogP contribution is -2.09. The van der Waals surface area contributed by atoms with Crippen LogP contribution in [-0.4, -0.2) is 36.4 Å². The fourth-order valence-electron chi connectivity index (χ4n) is 2.64. The maximum Gasteiger partial charge on any atom is 0.223 e. The molecule has 0 aliphatic carbocycles. The summed E-state index contributed by atoms with van der Waals surface area (Å²) in [6, 6.07) is 7.54. The van der Waals surface area contributed by atoms with E-state index in [9.17, 15) is 0 Å². The minimum Gasteiger partial charge on any atom is -0.354 e. The highest BCUT2D eigenvalue weighted by Gasteiger charge is 2.13. The second kappa shape index (κ2) is 7.92. The quantitative estimate of drug-likeness (QED) is 0.533. The van der Waals surface area contributed by atoms with Crippen LogP contribution in [0.5, 0.6) is 0 Å². The van der Waals surface area contributed by atoms with E-state index in [1.165, 1.54) is 0 Å². The van der Waals surface area contributed by atoms with Crippen LogP contribution in [0.2, 0.25) is 5.02 Å². The van der Waals surface area contributed by atoms with Crippen molar-refractivity contribution in [1.82, 2.24) is 29.9 Å². The Balaban J connectivity index is 1.60. The second-order valence-corrected chi connectivity index (χ2v) is 6.21. The van der Waals surface area contributed by atoms with Crippen molar-refractivity contribution in [2.75, 3.05) is 11.9 Å². The van der Waals surface area contributed by atoms with Gasteiger partial charge >= 0.3 is 0 Å². The predicted molar refractivity (Wildman–Crippen MR) is 104 cm³/mol. The Bertz CT molecular complexity index is 1000. The van der Waals surface area contributed by atoms with Gasteiger partial charge < -0.3 is 10.3 Å². The molecule has 2 N–H and O–H groups in total. The highest BCUT2D eigenvalue weighted by Crippen LogP contribution is 2.29. The Hall–Kier alpha value is -3.32. The molecule has 0 amide bonds.